The van der Waals surface area contributed by atoms with Crippen LogP contribution in [0.25, 0.3) is 33.4 Å². The third-order valence-electron chi connectivity index (χ3n) is 14.1. The van der Waals surface area contributed by atoms with Crippen molar-refractivity contribution in [1.29, 1.82) is 0 Å². The summed E-state index contributed by atoms with van der Waals surface area (Å²) in [6, 6.07) is 31.6. The quantitative estimate of drug-likeness (QED) is 0.0585. The normalized spacial score (nSPS) is 15.9. The summed E-state index contributed by atoms with van der Waals surface area (Å²) >= 11 is 0. The van der Waals surface area contributed by atoms with Gasteiger partial charge >= 0.3 is 5.97 Å². The molecule has 0 atom stereocenters. The average molecular weight is 932 g/mol. The standard InChI is InChI=1S/C55H62N8O6/c1-58(2)39-17-20-43-49(34-39)69-50-35-40(59(3)4)18-21-44(50)52(43)41-19-16-38(33-45(41)55(67)68)53(65)56-24-28-61-31-29-60(30-32-61)25-10-9-11-37-22-26-62(27-23-37)36-51(64)63-47-14-7-5-12-42(47)54(66)57-46-13-6-8-15-48(46)63/h5-8,12-21,33-35,37H,9-11,22-32,36H2,1-4H3,(H2-,56,57,65,66,67,68)/p+1. The molecule has 3 amide bonds. The molecule has 4 heterocycles. The van der Waals surface area contributed by atoms with E-state index in [1.54, 1.807) is 23.1 Å². The van der Waals surface area contributed by atoms with Crippen molar-refractivity contribution in [2.24, 2.45) is 5.92 Å². The van der Waals surface area contributed by atoms with E-state index in [1.807, 2.05) is 117 Å². The first-order chi connectivity index (χ1) is 33.4. The van der Waals surface area contributed by atoms with Gasteiger partial charge in [-0.25, -0.2) is 9.37 Å². The van der Waals surface area contributed by atoms with Crippen LogP contribution in [0.5, 0.6) is 0 Å². The van der Waals surface area contributed by atoms with Crippen molar-refractivity contribution in [1.82, 2.24) is 24.6 Å². The Morgan fingerprint density at radius 2 is 1.48 bits per heavy atom. The van der Waals surface area contributed by atoms with E-state index < -0.39 is 5.97 Å². The number of para-hydroxylation sites is 3. The minimum atomic E-state index is -1.11. The van der Waals surface area contributed by atoms with Gasteiger partial charge in [0.2, 0.25) is 11.3 Å². The second kappa shape index (κ2) is 20.8. The Balaban J connectivity index is 0.719. The van der Waals surface area contributed by atoms with Crippen LogP contribution in [0.1, 0.15) is 63.2 Å². The van der Waals surface area contributed by atoms with Gasteiger partial charge in [-0.3, -0.25) is 29.1 Å². The van der Waals surface area contributed by atoms with Gasteiger partial charge in [0.1, 0.15) is 25.4 Å². The molecule has 0 radical (unpaired) electrons. The lowest BCUT2D eigenvalue weighted by Gasteiger charge is -2.35. The fourth-order valence-corrected chi connectivity index (χ4v) is 10.1. The molecule has 1 aliphatic carbocycles. The van der Waals surface area contributed by atoms with Crippen LogP contribution >= 0.6 is 0 Å². The Morgan fingerprint density at radius 1 is 0.768 bits per heavy atom. The highest BCUT2D eigenvalue weighted by atomic mass is 16.4. The SMILES string of the molecule is CN(C)c1ccc2c(-c3ccc(C(=O)NCCN4CCN(CCCCC5CCN(CC(=O)N6c7ccccc7NC(=O)c7ccccc76)CC5)CC4)cc3C(=O)O)c3ccc(=[N+](C)C)cc-3oc2c1. The molecule has 4 aromatic carbocycles. The second-order valence-corrected chi connectivity index (χ2v) is 19.1. The molecule has 0 aromatic heterocycles. The molecule has 14 heteroatoms. The summed E-state index contributed by atoms with van der Waals surface area (Å²) in [5.41, 5.74) is 6.44. The van der Waals surface area contributed by atoms with E-state index in [0.29, 0.717) is 64.1 Å². The van der Waals surface area contributed by atoms with Crippen LogP contribution < -0.4 is 30.4 Å². The Kier molecular flexibility index (Phi) is 14.2. The lowest BCUT2D eigenvalue weighted by molar-refractivity contribution is -0.119. The Labute approximate surface area is 403 Å². The van der Waals surface area contributed by atoms with Gasteiger partial charge in [-0.05, 0) is 105 Å². The van der Waals surface area contributed by atoms with Crippen molar-refractivity contribution in [2.75, 3.05) is 109 Å². The van der Waals surface area contributed by atoms with Crippen LogP contribution in [-0.2, 0) is 4.79 Å². The molecule has 0 bridgehead atoms. The molecule has 4 aromatic rings. The van der Waals surface area contributed by atoms with Gasteiger partial charge < -0.3 is 30.0 Å². The number of amides is 3. The largest absolute Gasteiger partial charge is 0.478 e. The van der Waals surface area contributed by atoms with Crippen LogP contribution in [0, 0.1) is 5.92 Å². The molecule has 69 heavy (non-hydrogen) atoms. The summed E-state index contributed by atoms with van der Waals surface area (Å²) in [5, 5.41) is 18.3. The van der Waals surface area contributed by atoms with E-state index in [-0.39, 0.29) is 23.3 Å². The number of hydrogen-bond acceptors (Lipinski definition) is 9. The van der Waals surface area contributed by atoms with Crippen molar-refractivity contribution in [3.8, 4) is 22.5 Å². The smallest absolute Gasteiger partial charge is 0.336 e. The first-order valence-corrected chi connectivity index (χ1v) is 24.3. The zero-order valence-corrected chi connectivity index (χ0v) is 40.2. The Bertz CT molecular complexity index is 2930. The van der Waals surface area contributed by atoms with Gasteiger partial charge in [0.15, 0.2) is 0 Å². The van der Waals surface area contributed by atoms with E-state index in [4.69, 9.17) is 4.42 Å². The molecule has 0 saturated carbocycles. The number of fused-ring (bicyclic) bond motifs is 4. The van der Waals surface area contributed by atoms with E-state index in [2.05, 4.69) is 25.3 Å². The van der Waals surface area contributed by atoms with Crippen LogP contribution in [0.2, 0.25) is 0 Å². The van der Waals surface area contributed by atoms with Crippen LogP contribution in [0.4, 0.5) is 22.7 Å². The predicted molar refractivity (Wildman–Crippen MR) is 273 cm³/mol. The van der Waals surface area contributed by atoms with Crippen molar-refractivity contribution >= 4 is 57.4 Å². The first-order valence-electron chi connectivity index (χ1n) is 24.3. The highest BCUT2D eigenvalue weighted by Gasteiger charge is 2.31. The average Bonchev–Trinajstić information content (AvgIpc) is 3.48. The van der Waals surface area contributed by atoms with Crippen LogP contribution in [-0.4, -0.2) is 137 Å². The molecule has 2 saturated heterocycles. The molecule has 0 spiro atoms. The van der Waals surface area contributed by atoms with Gasteiger partial charge in [-0.2, -0.15) is 0 Å². The number of piperazine rings is 1. The third kappa shape index (κ3) is 10.4. The number of hydrogen-bond donors (Lipinski definition) is 3. The molecule has 14 nitrogen and oxygen atoms in total. The first kappa shape index (κ1) is 47.2. The lowest BCUT2D eigenvalue weighted by atomic mass is 9.89. The number of nitrogens with zero attached hydrogens (tertiary/aromatic N) is 6. The fraction of sp³-hybridized carbons (Fsp3) is 0.364. The zero-order valence-electron chi connectivity index (χ0n) is 40.2. The van der Waals surface area contributed by atoms with E-state index in [1.165, 1.54) is 18.9 Å². The van der Waals surface area contributed by atoms with Crippen LogP contribution in [0.3, 0.4) is 0 Å². The number of carboxylic acids is 1. The minimum Gasteiger partial charge on any atom is -0.478 e. The summed E-state index contributed by atoms with van der Waals surface area (Å²) in [6.07, 6.45) is 5.71. The van der Waals surface area contributed by atoms with E-state index in [0.717, 1.165) is 99.2 Å². The van der Waals surface area contributed by atoms with E-state index >= 15 is 0 Å². The van der Waals surface area contributed by atoms with Crippen molar-refractivity contribution in [3.63, 3.8) is 0 Å². The van der Waals surface area contributed by atoms with Gasteiger partial charge in [0.05, 0.1) is 40.8 Å². The highest BCUT2D eigenvalue weighted by molar-refractivity contribution is 6.18. The highest BCUT2D eigenvalue weighted by Crippen LogP contribution is 2.43. The molecule has 358 valence electrons. The molecule has 2 fully saturated rings. The number of nitrogens with one attached hydrogen (secondary N) is 2. The summed E-state index contributed by atoms with van der Waals surface area (Å²) in [6.45, 7) is 8.20. The molecular formula is C55H63N8O6+. The number of benzene rings is 5. The predicted octanol–water partition coefficient (Wildman–Crippen LogP) is 7.16. The summed E-state index contributed by atoms with van der Waals surface area (Å²) in [7, 11) is 7.86. The van der Waals surface area contributed by atoms with Gasteiger partial charge in [-0.15, -0.1) is 0 Å². The number of rotatable bonds is 14. The van der Waals surface area contributed by atoms with Gasteiger partial charge in [0, 0.05) is 93.3 Å². The fourth-order valence-electron chi connectivity index (χ4n) is 10.1. The zero-order chi connectivity index (χ0) is 48.2. The van der Waals surface area contributed by atoms with Crippen molar-refractivity contribution < 1.29 is 28.7 Å². The molecule has 5 aliphatic rings. The monoisotopic (exact) mass is 931 g/mol. The summed E-state index contributed by atoms with van der Waals surface area (Å²) in [4.78, 5) is 64.2. The summed E-state index contributed by atoms with van der Waals surface area (Å²) < 4.78 is 8.44. The van der Waals surface area contributed by atoms with Gasteiger partial charge in [-0.1, -0.05) is 43.2 Å². The molecule has 9 rings (SSSR count). The Hall–Kier alpha value is -6.87. The maximum absolute atomic E-state index is 13.9. The number of anilines is 4. The number of carboxylic acid groups (broad SMARTS) is 1. The summed E-state index contributed by atoms with van der Waals surface area (Å²) in [5.74, 6) is -0.353. The number of piperidine rings is 1. The number of aromatic carboxylic acids is 1. The second-order valence-electron chi connectivity index (χ2n) is 19.1. The molecule has 4 aliphatic heterocycles. The number of unbranched alkanes of at least 4 members (excludes halogenated alkanes) is 1. The van der Waals surface area contributed by atoms with E-state index in [9.17, 15) is 24.3 Å². The molecule has 0 unspecified atom stereocenters. The number of likely N-dealkylation sites (tertiary alicyclic amines) is 1. The van der Waals surface area contributed by atoms with Crippen LogP contribution in [0.15, 0.2) is 108 Å². The topological polar surface area (TPSA) is 145 Å². The Morgan fingerprint density at radius 3 is 2.22 bits per heavy atom. The van der Waals surface area contributed by atoms with Crippen molar-refractivity contribution in [3.05, 3.63) is 125 Å². The maximum Gasteiger partial charge on any atom is 0.336 e. The minimum absolute atomic E-state index is 0.0325. The van der Waals surface area contributed by atoms with Gasteiger partial charge in [0.25, 0.3) is 11.8 Å². The van der Waals surface area contributed by atoms with Crippen molar-refractivity contribution in [2.45, 2.75) is 32.1 Å². The number of carbonyl (C=O) groups excluding carboxylic acids is 3. The number of carbonyl (C=O) groups is 4. The third-order valence-corrected chi connectivity index (χ3v) is 14.1. The maximum atomic E-state index is 13.9. The molecular weight excluding hydrogens is 869 g/mol. The lowest BCUT2D eigenvalue weighted by Crippen LogP contribution is -2.48. The molecule has 3 N–H and O–H groups in total.